The molecule has 8 nitrogen and oxygen atoms in total. The molecule has 2 atom stereocenters. The third-order valence-electron chi connectivity index (χ3n) is 4.04. The number of carbonyl (C=O) groups excluding carboxylic acids is 3. The molecule has 4 amide bonds. The Morgan fingerprint density at radius 2 is 2.05 bits per heavy atom. The Morgan fingerprint density at radius 3 is 2.62 bits per heavy atom. The molecule has 21 heavy (non-hydrogen) atoms. The summed E-state index contributed by atoms with van der Waals surface area (Å²) in [4.78, 5) is 36.5. The Labute approximate surface area is 123 Å². The molecule has 1 saturated heterocycles. The van der Waals surface area contributed by atoms with Gasteiger partial charge in [0.25, 0.3) is 5.91 Å². The molecule has 2 unspecified atom stereocenters. The van der Waals surface area contributed by atoms with Crippen LogP contribution in [0, 0.1) is 0 Å². The van der Waals surface area contributed by atoms with Crippen molar-refractivity contribution in [3.63, 3.8) is 0 Å². The molecule has 2 aliphatic rings. The molecule has 0 spiro atoms. The van der Waals surface area contributed by atoms with Crippen molar-refractivity contribution in [2.24, 2.45) is 5.73 Å². The van der Waals surface area contributed by atoms with Crippen LogP contribution >= 0.6 is 0 Å². The lowest BCUT2D eigenvalue weighted by Gasteiger charge is -2.39. The third kappa shape index (κ3) is 3.92. The molecule has 0 aromatic heterocycles. The number of imide groups is 1. The van der Waals surface area contributed by atoms with Crippen LogP contribution in [0.3, 0.4) is 0 Å². The molecule has 0 aromatic carbocycles. The molecule has 0 aromatic rings. The van der Waals surface area contributed by atoms with Gasteiger partial charge in [0.1, 0.15) is 0 Å². The molecule has 2 fully saturated rings. The largest absolute Gasteiger partial charge is 0.379 e. The maximum absolute atomic E-state index is 12.0. The van der Waals surface area contributed by atoms with E-state index in [4.69, 9.17) is 5.73 Å². The molecule has 8 heteroatoms. The Kier molecular flexibility index (Phi) is 4.48. The first kappa shape index (κ1) is 15.7. The number of nitrogens with two attached hydrogens (primary N) is 1. The number of carbonyl (C=O) groups is 3. The van der Waals surface area contributed by atoms with Gasteiger partial charge in [-0.2, -0.15) is 0 Å². The minimum absolute atomic E-state index is 0.00115. The Hall–Kier alpha value is -1.67. The summed E-state index contributed by atoms with van der Waals surface area (Å²) < 4.78 is 0. The summed E-state index contributed by atoms with van der Waals surface area (Å²) in [5.41, 5.74) is 3.59. The number of amides is 4. The van der Waals surface area contributed by atoms with E-state index in [1.165, 1.54) is 0 Å². The molecular weight excluding hydrogens is 276 g/mol. The van der Waals surface area contributed by atoms with Gasteiger partial charge in [-0.3, -0.25) is 19.8 Å². The van der Waals surface area contributed by atoms with E-state index in [1.807, 2.05) is 0 Å². The van der Waals surface area contributed by atoms with Crippen LogP contribution in [0.2, 0.25) is 0 Å². The summed E-state index contributed by atoms with van der Waals surface area (Å²) in [6, 6.07) is -0.958. The zero-order valence-corrected chi connectivity index (χ0v) is 12.1. The normalized spacial score (nSPS) is 27.7. The fourth-order valence-corrected chi connectivity index (χ4v) is 2.43. The van der Waals surface area contributed by atoms with Crippen LogP contribution in [0.1, 0.15) is 32.6 Å². The number of nitrogens with zero attached hydrogens (tertiary/aromatic N) is 1. The van der Waals surface area contributed by atoms with Gasteiger partial charge in [-0.05, 0) is 39.2 Å². The summed E-state index contributed by atoms with van der Waals surface area (Å²) in [6.07, 6.45) is 2.73. The predicted molar refractivity (Wildman–Crippen MR) is 74.1 cm³/mol. The second-order valence-electron chi connectivity index (χ2n) is 5.88. The minimum atomic E-state index is -1.61. The molecule has 1 aliphatic carbocycles. The molecule has 2 rings (SSSR count). The number of β-amino-alcohol motifs (C(OH)–C–C–N with tert-alkyl or cyclic N) is 1. The molecular formula is C13H22N4O4. The van der Waals surface area contributed by atoms with Crippen LogP contribution in [0.4, 0.5) is 4.79 Å². The number of rotatable bonds is 4. The molecule has 1 aliphatic heterocycles. The molecule has 118 valence electrons. The van der Waals surface area contributed by atoms with Crippen LogP contribution in [0.15, 0.2) is 0 Å². The Bertz CT molecular complexity index is 451. The number of hydrogen-bond donors (Lipinski definition) is 4. The second kappa shape index (κ2) is 5.98. The molecule has 1 saturated carbocycles. The monoisotopic (exact) mass is 298 g/mol. The van der Waals surface area contributed by atoms with E-state index in [0.29, 0.717) is 13.0 Å². The summed E-state index contributed by atoms with van der Waals surface area (Å²) in [7, 11) is 0. The van der Waals surface area contributed by atoms with Crippen LogP contribution in [0.25, 0.3) is 0 Å². The van der Waals surface area contributed by atoms with Gasteiger partial charge in [-0.1, -0.05) is 0 Å². The van der Waals surface area contributed by atoms with Crippen LogP contribution in [-0.2, 0) is 9.59 Å². The number of urea groups is 1. The van der Waals surface area contributed by atoms with Gasteiger partial charge >= 0.3 is 6.03 Å². The summed E-state index contributed by atoms with van der Waals surface area (Å²) in [5.74, 6) is -1.24. The number of hydrogen-bond acceptors (Lipinski definition) is 5. The summed E-state index contributed by atoms with van der Waals surface area (Å²) in [5, 5.41) is 15.1. The lowest BCUT2D eigenvalue weighted by atomic mass is 9.91. The highest BCUT2D eigenvalue weighted by atomic mass is 16.3. The first-order valence-electron chi connectivity index (χ1n) is 7.19. The summed E-state index contributed by atoms with van der Waals surface area (Å²) in [6.45, 7) is 2.20. The lowest BCUT2D eigenvalue weighted by Crippen LogP contribution is -2.60. The second-order valence-corrected chi connectivity index (χ2v) is 5.88. The van der Waals surface area contributed by atoms with Gasteiger partial charge in [0, 0.05) is 12.6 Å². The van der Waals surface area contributed by atoms with E-state index in [-0.39, 0.29) is 19.0 Å². The molecule has 0 radical (unpaired) electrons. The van der Waals surface area contributed by atoms with Crippen LogP contribution < -0.4 is 16.4 Å². The number of primary amides is 1. The van der Waals surface area contributed by atoms with E-state index >= 15 is 0 Å². The van der Waals surface area contributed by atoms with E-state index in [0.717, 1.165) is 12.8 Å². The lowest BCUT2D eigenvalue weighted by molar-refractivity contribution is -0.145. The van der Waals surface area contributed by atoms with E-state index in [1.54, 1.807) is 11.8 Å². The average molecular weight is 298 g/mol. The number of piperidine rings is 1. The first-order valence-corrected chi connectivity index (χ1v) is 7.19. The molecule has 5 N–H and O–H groups in total. The van der Waals surface area contributed by atoms with Gasteiger partial charge < -0.3 is 16.2 Å². The fourth-order valence-electron chi connectivity index (χ4n) is 2.43. The third-order valence-corrected chi connectivity index (χ3v) is 4.04. The SMILES string of the molecule is CC(C(=O)NC(=O)NC1CC1)N1CCCC(O)(C(N)=O)C1. The van der Waals surface area contributed by atoms with Gasteiger partial charge in [-0.25, -0.2) is 4.79 Å². The number of aliphatic hydroxyl groups is 1. The van der Waals surface area contributed by atoms with Gasteiger partial charge in [-0.15, -0.1) is 0 Å². The molecule has 1 heterocycles. The molecule has 0 bridgehead atoms. The van der Waals surface area contributed by atoms with Crippen molar-refractivity contribution >= 4 is 17.8 Å². The van der Waals surface area contributed by atoms with Crippen molar-refractivity contribution in [1.82, 2.24) is 15.5 Å². The summed E-state index contributed by atoms with van der Waals surface area (Å²) >= 11 is 0. The van der Waals surface area contributed by atoms with Crippen molar-refractivity contribution < 1.29 is 19.5 Å². The topological polar surface area (TPSA) is 125 Å². The Morgan fingerprint density at radius 1 is 1.38 bits per heavy atom. The highest BCUT2D eigenvalue weighted by molar-refractivity contribution is 5.97. The van der Waals surface area contributed by atoms with Crippen molar-refractivity contribution in [3.8, 4) is 0 Å². The average Bonchev–Trinajstić information content (AvgIpc) is 3.21. The van der Waals surface area contributed by atoms with Crippen LogP contribution in [-0.4, -0.2) is 58.6 Å². The van der Waals surface area contributed by atoms with Gasteiger partial charge in [0.15, 0.2) is 5.60 Å². The maximum atomic E-state index is 12.0. The highest BCUT2D eigenvalue weighted by Crippen LogP contribution is 2.22. The maximum Gasteiger partial charge on any atom is 0.321 e. The standard InChI is InChI=1S/C13H22N4O4/c1-8(10(18)16-12(20)15-9-3-4-9)17-6-2-5-13(21,7-17)11(14)19/h8-9,21H,2-7H2,1H3,(H2,14,19)(H2,15,16,18,20). The zero-order valence-electron chi connectivity index (χ0n) is 12.1. The van der Waals surface area contributed by atoms with Crippen LogP contribution in [0.5, 0.6) is 0 Å². The zero-order chi connectivity index (χ0) is 15.6. The van der Waals surface area contributed by atoms with E-state index in [2.05, 4.69) is 10.6 Å². The van der Waals surface area contributed by atoms with E-state index < -0.39 is 29.5 Å². The quantitative estimate of drug-likeness (QED) is 0.512. The number of nitrogens with one attached hydrogen (secondary N) is 2. The minimum Gasteiger partial charge on any atom is -0.379 e. The first-order chi connectivity index (χ1) is 9.82. The van der Waals surface area contributed by atoms with Gasteiger partial charge in [0.2, 0.25) is 5.91 Å². The van der Waals surface area contributed by atoms with Crippen molar-refractivity contribution in [2.45, 2.75) is 50.3 Å². The highest BCUT2D eigenvalue weighted by Gasteiger charge is 2.41. The number of likely N-dealkylation sites (tertiary alicyclic amines) is 1. The predicted octanol–water partition coefficient (Wildman–Crippen LogP) is -1.32. The van der Waals surface area contributed by atoms with E-state index in [9.17, 15) is 19.5 Å². The van der Waals surface area contributed by atoms with Crippen molar-refractivity contribution in [1.29, 1.82) is 0 Å². The Balaban J connectivity index is 1.88. The smallest absolute Gasteiger partial charge is 0.321 e. The van der Waals surface area contributed by atoms with Crippen molar-refractivity contribution in [2.75, 3.05) is 13.1 Å². The van der Waals surface area contributed by atoms with Crippen molar-refractivity contribution in [3.05, 3.63) is 0 Å². The fraction of sp³-hybridized carbons (Fsp3) is 0.769. The van der Waals surface area contributed by atoms with Gasteiger partial charge in [0.05, 0.1) is 6.04 Å².